The molecule has 0 aromatic heterocycles. The molecule has 0 aliphatic carbocycles. The fraction of sp³-hybridized carbons (Fsp3) is 0.455. The van der Waals surface area contributed by atoms with Gasteiger partial charge in [0.1, 0.15) is 6.04 Å². The number of nitrogens with one attached hydrogen (secondary N) is 2. The molecule has 248 valence electrons. The van der Waals surface area contributed by atoms with E-state index in [2.05, 4.69) is 15.4 Å². The van der Waals surface area contributed by atoms with Gasteiger partial charge in [0.15, 0.2) is 0 Å². The van der Waals surface area contributed by atoms with E-state index < -0.39 is 59.8 Å². The fourth-order valence-corrected chi connectivity index (χ4v) is 5.21. The van der Waals surface area contributed by atoms with Crippen molar-refractivity contribution in [3.05, 3.63) is 71.3 Å². The molecule has 1 heterocycles. The number of carbonyl (C=O) groups is 6. The molecule has 0 saturated carbocycles. The van der Waals surface area contributed by atoms with Gasteiger partial charge in [-0.05, 0) is 61.9 Å². The van der Waals surface area contributed by atoms with Crippen molar-refractivity contribution in [2.45, 2.75) is 64.5 Å². The molecule has 1 aliphatic rings. The first-order valence-corrected chi connectivity index (χ1v) is 15.1. The van der Waals surface area contributed by atoms with E-state index >= 15 is 8.78 Å². The molecule has 1 aliphatic heterocycles. The van der Waals surface area contributed by atoms with Crippen LogP contribution in [-0.4, -0.2) is 90.1 Å². The summed E-state index contributed by atoms with van der Waals surface area (Å²) in [6.07, 6.45) is 1.01. The van der Waals surface area contributed by atoms with Crippen LogP contribution >= 0.6 is 0 Å². The lowest BCUT2D eigenvalue weighted by Gasteiger charge is -2.37. The van der Waals surface area contributed by atoms with Crippen molar-refractivity contribution in [2.75, 3.05) is 26.7 Å². The molecule has 13 heteroatoms. The normalized spacial score (nSPS) is 15.2. The number of rotatable bonds is 13. The Morgan fingerprint density at radius 1 is 0.957 bits per heavy atom. The van der Waals surface area contributed by atoms with Gasteiger partial charge >= 0.3 is 17.9 Å². The number of ketones is 1. The highest BCUT2D eigenvalue weighted by Gasteiger charge is 2.54. The lowest BCUT2D eigenvalue weighted by molar-refractivity contribution is -0.164. The monoisotopic (exact) mass is 642 g/mol. The maximum atomic E-state index is 15.4. The molecule has 2 N–H and O–H groups in total. The van der Waals surface area contributed by atoms with E-state index in [0.717, 1.165) is 5.56 Å². The highest BCUT2D eigenvalue weighted by Crippen LogP contribution is 2.28. The van der Waals surface area contributed by atoms with Crippen LogP contribution in [0.25, 0.3) is 0 Å². The lowest BCUT2D eigenvalue weighted by atomic mass is 9.93. The molecule has 2 atom stereocenters. The van der Waals surface area contributed by atoms with Crippen LogP contribution in [0.4, 0.5) is 13.6 Å². The van der Waals surface area contributed by atoms with Crippen molar-refractivity contribution < 1.29 is 42.3 Å². The Hall–Kier alpha value is -4.68. The molecule has 5 amide bonds. The van der Waals surface area contributed by atoms with E-state index in [1.807, 2.05) is 0 Å². The summed E-state index contributed by atoms with van der Waals surface area (Å²) in [4.78, 5) is 79.4. The number of carbonyl (C=O) groups excluding carboxylic acids is 6. The van der Waals surface area contributed by atoms with Crippen LogP contribution in [0.15, 0.2) is 54.6 Å². The van der Waals surface area contributed by atoms with Gasteiger partial charge in [-0.25, -0.2) is 9.59 Å². The molecule has 0 spiro atoms. The highest BCUT2D eigenvalue weighted by atomic mass is 19.3. The molecule has 46 heavy (non-hydrogen) atoms. The van der Waals surface area contributed by atoms with Crippen molar-refractivity contribution in [1.29, 1.82) is 0 Å². The number of Topliss-reactive ketones (excluding diaryl/α,β-unsaturated/α-hetero) is 1. The largest absolute Gasteiger partial charge is 0.465 e. The summed E-state index contributed by atoms with van der Waals surface area (Å²) in [6, 6.07) is 11.2. The van der Waals surface area contributed by atoms with Crippen LogP contribution in [0.3, 0.4) is 0 Å². The number of alkyl halides is 2. The first kappa shape index (κ1) is 35.8. The van der Waals surface area contributed by atoms with E-state index in [4.69, 9.17) is 0 Å². The van der Waals surface area contributed by atoms with Gasteiger partial charge < -0.3 is 20.3 Å². The third-order valence-corrected chi connectivity index (χ3v) is 7.78. The summed E-state index contributed by atoms with van der Waals surface area (Å²) in [7, 11) is 1.22. The zero-order chi connectivity index (χ0) is 34.0. The maximum Gasteiger partial charge on any atom is 0.383 e. The minimum Gasteiger partial charge on any atom is -0.465 e. The van der Waals surface area contributed by atoms with Gasteiger partial charge in [-0.1, -0.05) is 44.2 Å². The van der Waals surface area contributed by atoms with Gasteiger partial charge in [0.2, 0.25) is 11.7 Å². The van der Waals surface area contributed by atoms with Crippen molar-refractivity contribution in [2.24, 2.45) is 5.92 Å². The molecule has 3 rings (SSSR count). The van der Waals surface area contributed by atoms with Gasteiger partial charge in [0.25, 0.3) is 11.8 Å². The Bertz CT molecular complexity index is 1420. The lowest BCUT2D eigenvalue weighted by Crippen LogP contribution is -2.61. The van der Waals surface area contributed by atoms with Gasteiger partial charge in [-0.2, -0.15) is 8.78 Å². The molecule has 0 radical (unpaired) electrons. The summed E-state index contributed by atoms with van der Waals surface area (Å²) in [5.74, 6) is -11.3. The van der Waals surface area contributed by atoms with Gasteiger partial charge in [-0.15, -0.1) is 0 Å². The molecule has 1 unspecified atom stereocenters. The number of benzene rings is 2. The van der Waals surface area contributed by atoms with Crippen molar-refractivity contribution in [3.8, 4) is 0 Å². The molecular weight excluding hydrogens is 602 g/mol. The van der Waals surface area contributed by atoms with E-state index in [1.54, 1.807) is 37.3 Å². The first-order chi connectivity index (χ1) is 21.8. The first-order valence-electron chi connectivity index (χ1n) is 15.1. The second-order valence-electron chi connectivity index (χ2n) is 11.4. The van der Waals surface area contributed by atoms with Crippen LogP contribution in [0, 0.1) is 5.92 Å². The Kier molecular flexibility index (Phi) is 12.5. The minimum absolute atomic E-state index is 0.157. The number of hydrogen-bond acceptors (Lipinski definition) is 7. The second kappa shape index (κ2) is 16.1. The quantitative estimate of drug-likeness (QED) is 0.251. The Labute approximate surface area is 266 Å². The second-order valence-corrected chi connectivity index (χ2v) is 11.4. The van der Waals surface area contributed by atoms with Gasteiger partial charge in [-0.3, -0.25) is 24.1 Å². The summed E-state index contributed by atoms with van der Waals surface area (Å²) >= 11 is 0. The standard InChI is InChI=1S/C33H40F2N4O7/c1-21(2)27(28(41)33(34,35)31(44)37-18-16-23-10-6-5-7-11-23)39(32(45)38-20-8-9-22(38)3)26(40)17-19-36-29(42)24-12-14-25(15-13-24)30(43)46-4/h5-7,10-15,21-22,27H,8-9,16-20H2,1-4H3,(H,36,42)(H,37,44)/t22-,27?/m1/s1. The number of ether oxygens (including phenoxy) is 1. The number of methoxy groups -OCH3 is 1. The van der Waals surface area contributed by atoms with E-state index in [0.29, 0.717) is 17.7 Å². The summed E-state index contributed by atoms with van der Waals surface area (Å²) < 4.78 is 35.5. The Morgan fingerprint density at radius 2 is 1.59 bits per heavy atom. The van der Waals surface area contributed by atoms with Crippen LogP contribution in [0.1, 0.15) is 66.3 Å². The number of likely N-dealkylation sites (tertiary alicyclic amines) is 1. The van der Waals surface area contributed by atoms with Gasteiger partial charge in [0.05, 0.1) is 12.7 Å². The molecule has 11 nitrogen and oxygen atoms in total. The fourth-order valence-electron chi connectivity index (χ4n) is 5.21. The van der Waals surface area contributed by atoms with Crippen LogP contribution < -0.4 is 10.6 Å². The van der Waals surface area contributed by atoms with Crippen LogP contribution in [0.2, 0.25) is 0 Å². The minimum atomic E-state index is -4.54. The van der Waals surface area contributed by atoms with E-state index in [-0.39, 0.29) is 43.2 Å². The molecule has 0 bridgehead atoms. The number of imide groups is 1. The van der Waals surface area contributed by atoms with E-state index in [1.165, 1.54) is 50.1 Å². The van der Waals surface area contributed by atoms with Gasteiger partial charge in [0, 0.05) is 37.7 Å². The Balaban J connectivity index is 1.77. The van der Waals surface area contributed by atoms with Crippen molar-refractivity contribution in [1.82, 2.24) is 20.4 Å². The molecular formula is C33H40F2N4O7. The van der Waals surface area contributed by atoms with Crippen molar-refractivity contribution in [3.63, 3.8) is 0 Å². The van der Waals surface area contributed by atoms with E-state index in [9.17, 15) is 28.8 Å². The summed E-state index contributed by atoms with van der Waals surface area (Å²) in [5, 5.41) is 4.62. The number of amides is 5. The smallest absolute Gasteiger partial charge is 0.383 e. The Morgan fingerprint density at radius 3 is 2.15 bits per heavy atom. The predicted octanol–water partition coefficient (Wildman–Crippen LogP) is 3.61. The number of nitrogens with zero attached hydrogens (tertiary/aromatic N) is 2. The third-order valence-electron chi connectivity index (χ3n) is 7.78. The molecule has 1 saturated heterocycles. The van der Waals surface area contributed by atoms with Crippen LogP contribution in [0.5, 0.6) is 0 Å². The molecule has 1 fully saturated rings. The number of esters is 1. The zero-order valence-electron chi connectivity index (χ0n) is 26.4. The van der Waals surface area contributed by atoms with Crippen molar-refractivity contribution >= 4 is 35.5 Å². The number of halogens is 2. The van der Waals surface area contributed by atoms with Crippen LogP contribution in [-0.2, 0) is 25.5 Å². The predicted molar refractivity (Wildman–Crippen MR) is 164 cm³/mol. The molecule has 2 aromatic rings. The number of urea groups is 1. The zero-order valence-corrected chi connectivity index (χ0v) is 26.4. The average molecular weight is 643 g/mol. The highest BCUT2D eigenvalue weighted by molar-refractivity contribution is 6.12. The number of hydrogen-bond donors (Lipinski definition) is 2. The summed E-state index contributed by atoms with van der Waals surface area (Å²) in [6.45, 7) is 4.39. The maximum absolute atomic E-state index is 15.4. The topological polar surface area (TPSA) is 142 Å². The third kappa shape index (κ3) is 8.73. The summed E-state index contributed by atoms with van der Waals surface area (Å²) in [5.41, 5.74) is 1.20. The average Bonchev–Trinajstić information content (AvgIpc) is 3.48. The SMILES string of the molecule is COC(=O)c1ccc(C(=O)NCCC(=O)N(C(=O)N2CCC[C@H]2C)C(C(=O)C(F)(F)C(=O)NCCc2ccccc2)C(C)C)cc1. The molecule has 2 aromatic carbocycles.